The Bertz CT molecular complexity index is 1530. The molecule has 3 fully saturated rings. The Kier molecular flexibility index (Phi) is 10.3. The summed E-state index contributed by atoms with van der Waals surface area (Å²) in [4.78, 5) is 58.7. The fraction of sp³-hybridized carbons (Fsp3) is 0.459. The van der Waals surface area contributed by atoms with Crippen molar-refractivity contribution in [1.82, 2.24) is 10.2 Å². The fourth-order valence-electron chi connectivity index (χ4n) is 7.47. The largest absolute Gasteiger partial charge is 0.463 e. The van der Waals surface area contributed by atoms with Crippen molar-refractivity contribution in [2.24, 2.45) is 11.8 Å². The van der Waals surface area contributed by atoms with Gasteiger partial charge in [-0.3, -0.25) is 19.2 Å². The number of rotatable bonds is 14. The van der Waals surface area contributed by atoms with Gasteiger partial charge in [-0.1, -0.05) is 54.6 Å². The molecule has 3 aliphatic heterocycles. The molecule has 0 unspecified atom stereocenters. The number of hydrogen-bond donors (Lipinski definition) is 2. The number of fused-ring (bicyclic) bond motifs is 1. The van der Waals surface area contributed by atoms with Gasteiger partial charge in [-0.25, -0.2) is 0 Å². The van der Waals surface area contributed by atoms with Crippen LogP contribution in [0.25, 0.3) is 0 Å². The molecule has 0 radical (unpaired) electrons. The van der Waals surface area contributed by atoms with Crippen LogP contribution in [0.15, 0.2) is 73.8 Å². The van der Waals surface area contributed by atoms with E-state index in [-0.39, 0.29) is 38.0 Å². The maximum Gasteiger partial charge on any atom is 0.306 e. The molecule has 2 N–H and O–H groups in total. The van der Waals surface area contributed by atoms with E-state index in [1.54, 1.807) is 24.0 Å². The zero-order valence-electron chi connectivity index (χ0n) is 27.4. The van der Waals surface area contributed by atoms with Crippen LogP contribution < -0.4 is 10.2 Å². The van der Waals surface area contributed by atoms with E-state index in [4.69, 9.17) is 9.47 Å². The molecular weight excluding hydrogens is 598 g/mol. The van der Waals surface area contributed by atoms with Crippen LogP contribution in [0.5, 0.6) is 0 Å². The number of esters is 1. The molecule has 2 bridgehead atoms. The second-order valence-corrected chi connectivity index (χ2v) is 12.8. The lowest BCUT2D eigenvalue weighted by atomic mass is 9.70. The summed E-state index contributed by atoms with van der Waals surface area (Å²) in [6.07, 6.45) is 4.26. The van der Waals surface area contributed by atoms with Gasteiger partial charge in [-0.15, -0.1) is 13.2 Å². The molecule has 5 rings (SSSR count). The minimum atomic E-state index is -1.25. The number of anilines is 1. The van der Waals surface area contributed by atoms with Gasteiger partial charge in [0.05, 0.1) is 36.6 Å². The van der Waals surface area contributed by atoms with Gasteiger partial charge in [-0.05, 0) is 62.8 Å². The Balaban J connectivity index is 1.48. The van der Waals surface area contributed by atoms with Crippen molar-refractivity contribution >= 4 is 29.4 Å². The first kappa shape index (κ1) is 34.1. The van der Waals surface area contributed by atoms with E-state index in [1.165, 1.54) is 4.90 Å². The fourth-order valence-corrected chi connectivity index (χ4v) is 7.47. The molecule has 1 spiro atoms. The number of aryl methyl sites for hydroxylation is 2. The quantitative estimate of drug-likeness (QED) is 0.236. The van der Waals surface area contributed by atoms with Gasteiger partial charge >= 0.3 is 5.97 Å². The first-order valence-corrected chi connectivity index (χ1v) is 16.3. The maximum atomic E-state index is 14.7. The average molecular weight is 644 g/mol. The minimum absolute atomic E-state index is 0.0884. The van der Waals surface area contributed by atoms with Crippen molar-refractivity contribution in [3.63, 3.8) is 0 Å². The molecule has 2 aromatic rings. The molecule has 0 saturated carbocycles. The summed E-state index contributed by atoms with van der Waals surface area (Å²) in [6.45, 7) is 12.8. The topological polar surface area (TPSA) is 125 Å². The number of amides is 3. The normalized spacial score (nSPS) is 25.5. The number of carbonyl (C=O) groups is 4. The van der Waals surface area contributed by atoms with Gasteiger partial charge < -0.3 is 29.7 Å². The summed E-state index contributed by atoms with van der Waals surface area (Å²) in [5.74, 6) is -3.35. The number of nitrogens with one attached hydrogen (secondary N) is 1. The molecule has 0 aromatic heterocycles. The van der Waals surface area contributed by atoms with Crippen molar-refractivity contribution < 1.29 is 33.8 Å². The SMILES string of the molecule is C=CCCC(=O)OC[C@H](NC(=O)[C@@H]1[C@H]2C(=O)N([C@H](C)CO)[C@H](C(=O)N(CC=C)c3cc(C)ccc3C)[C@]23CC[C@H]1O3)c1ccccc1. The lowest BCUT2D eigenvalue weighted by molar-refractivity contribution is -0.146. The molecule has 47 heavy (non-hydrogen) atoms. The number of aliphatic hydroxyl groups is 1. The van der Waals surface area contributed by atoms with Crippen LogP contribution in [0.4, 0.5) is 5.69 Å². The molecule has 7 atom stereocenters. The first-order chi connectivity index (χ1) is 22.6. The summed E-state index contributed by atoms with van der Waals surface area (Å²) >= 11 is 0. The number of ether oxygens (including phenoxy) is 2. The number of likely N-dealkylation sites (tertiary alicyclic amines) is 1. The Morgan fingerprint density at radius 1 is 1.17 bits per heavy atom. The highest BCUT2D eigenvalue weighted by atomic mass is 16.5. The number of carbonyl (C=O) groups excluding carboxylic acids is 4. The highest BCUT2D eigenvalue weighted by Gasteiger charge is 2.75. The summed E-state index contributed by atoms with van der Waals surface area (Å²) in [5.41, 5.74) is 2.05. The number of nitrogens with zero attached hydrogens (tertiary/aromatic N) is 2. The molecule has 2 aromatic carbocycles. The minimum Gasteiger partial charge on any atom is -0.463 e. The number of benzene rings is 2. The number of aliphatic hydroxyl groups excluding tert-OH is 1. The lowest BCUT2D eigenvalue weighted by Crippen LogP contribution is -2.58. The van der Waals surface area contributed by atoms with Crippen LogP contribution in [-0.4, -0.2) is 77.2 Å². The van der Waals surface area contributed by atoms with Crippen LogP contribution >= 0.6 is 0 Å². The van der Waals surface area contributed by atoms with Crippen molar-refractivity contribution in [2.45, 2.75) is 76.3 Å². The Morgan fingerprint density at radius 3 is 2.60 bits per heavy atom. The summed E-state index contributed by atoms with van der Waals surface area (Å²) in [7, 11) is 0. The average Bonchev–Trinajstić information content (AvgIpc) is 3.72. The van der Waals surface area contributed by atoms with Gasteiger partial charge in [0.2, 0.25) is 11.8 Å². The van der Waals surface area contributed by atoms with Gasteiger partial charge in [0.15, 0.2) is 0 Å². The Morgan fingerprint density at radius 2 is 1.91 bits per heavy atom. The van der Waals surface area contributed by atoms with Crippen molar-refractivity contribution in [3.8, 4) is 0 Å². The van der Waals surface area contributed by atoms with Crippen LogP contribution in [0.1, 0.15) is 55.3 Å². The third kappa shape index (κ3) is 6.36. The summed E-state index contributed by atoms with van der Waals surface area (Å²) in [6, 6.07) is 12.6. The molecule has 10 heteroatoms. The zero-order valence-corrected chi connectivity index (χ0v) is 27.4. The molecular formula is C37H45N3O7. The zero-order chi connectivity index (χ0) is 33.9. The smallest absolute Gasteiger partial charge is 0.306 e. The number of hydrogen-bond acceptors (Lipinski definition) is 7. The van der Waals surface area contributed by atoms with E-state index >= 15 is 0 Å². The summed E-state index contributed by atoms with van der Waals surface area (Å²) < 4.78 is 12.1. The predicted octanol–water partition coefficient (Wildman–Crippen LogP) is 3.94. The Hall–Kier alpha value is -4.28. The third-order valence-electron chi connectivity index (χ3n) is 9.73. The lowest BCUT2D eigenvalue weighted by Gasteiger charge is -2.38. The van der Waals surface area contributed by atoms with E-state index in [2.05, 4.69) is 18.5 Å². The van der Waals surface area contributed by atoms with Crippen LogP contribution in [0.3, 0.4) is 0 Å². The van der Waals surface area contributed by atoms with E-state index < -0.39 is 53.5 Å². The summed E-state index contributed by atoms with van der Waals surface area (Å²) in [5, 5.41) is 13.3. The molecule has 3 aliphatic rings. The standard InChI is InChI=1S/C37H45N3O7/c1-6-8-14-30(42)46-22-27(26-12-10-9-11-13-26)38-34(43)31-29-17-18-37(47-29)32(31)35(44)40(25(5)21-41)33(37)36(45)39(19-7-2)28-20-23(3)15-16-24(28)4/h6-7,9-13,15-16,20,25,27,29,31-33,41H,1-2,8,14,17-19,21-22H2,3-5H3,(H,38,43)/t25-,27+,29-,31+,32+,33-,37+/m1/s1. The van der Waals surface area contributed by atoms with Crippen LogP contribution in [0.2, 0.25) is 0 Å². The van der Waals surface area contributed by atoms with Crippen molar-refractivity contribution in [2.75, 3.05) is 24.7 Å². The van der Waals surface area contributed by atoms with Gasteiger partial charge in [0.25, 0.3) is 5.91 Å². The number of allylic oxidation sites excluding steroid dienone is 1. The van der Waals surface area contributed by atoms with E-state index in [1.807, 2.05) is 62.4 Å². The maximum absolute atomic E-state index is 14.7. The van der Waals surface area contributed by atoms with Crippen molar-refractivity contribution in [1.29, 1.82) is 0 Å². The molecule has 0 aliphatic carbocycles. The molecule has 3 amide bonds. The van der Waals surface area contributed by atoms with Gasteiger partial charge in [-0.2, -0.15) is 0 Å². The van der Waals surface area contributed by atoms with Gasteiger partial charge in [0.1, 0.15) is 18.2 Å². The van der Waals surface area contributed by atoms with E-state index in [9.17, 15) is 24.3 Å². The van der Waals surface area contributed by atoms with E-state index in [0.717, 1.165) is 16.7 Å². The third-order valence-corrected chi connectivity index (χ3v) is 9.73. The second kappa shape index (κ2) is 14.2. The molecule has 250 valence electrons. The monoisotopic (exact) mass is 643 g/mol. The molecule has 3 saturated heterocycles. The van der Waals surface area contributed by atoms with Crippen LogP contribution in [0, 0.1) is 25.7 Å². The molecule has 3 heterocycles. The highest BCUT2D eigenvalue weighted by molar-refractivity contribution is 6.05. The predicted molar refractivity (Wildman–Crippen MR) is 177 cm³/mol. The second-order valence-electron chi connectivity index (χ2n) is 12.8. The van der Waals surface area contributed by atoms with E-state index in [0.29, 0.717) is 24.9 Å². The van der Waals surface area contributed by atoms with Crippen molar-refractivity contribution in [3.05, 3.63) is 90.5 Å². The first-order valence-electron chi connectivity index (χ1n) is 16.3. The Labute approximate surface area is 276 Å². The molecule has 10 nitrogen and oxygen atoms in total. The van der Waals surface area contributed by atoms with Gasteiger partial charge in [0, 0.05) is 18.7 Å². The highest BCUT2D eigenvalue weighted by Crippen LogP contribution is 2.59. The van der Waals surface area contributed by atoms with Crippen LogP contribution in [-0.2, 0) is 28.7 Å².